The van der Waals surface area contributed by atoms with Gasteiger partial charge < -0.3 is 9.47 Å². The number of carbonyl (C=O) groups excluding carboxylic acids is 1. The van der Waals surface area contributed by atoms with E-state index in [0.29, 0.717) is 35.2 Å². The van der Waals surface area contributed by atoms with Gasteiger partial charge in [0.15, 0.2) is 11.5 Å². The Bertz CT molecular complexity index is 1350. The topological polar surface area (TPSA) is 51.1 Å². The highest BCUT2D eigenvalue weighted by Crippen LogP contribution is 2.41. The summed E-state index contributed by atoms with van der Waals surface area (Å²) in [4.78, 5) is 20.1. The average Bonchev–Trinajstić information content (AvgIpc) is 3.17. The third kappa shape index (κ3) is 4.32. The fourth-order valence-corrected chi connectivity index (χ4v) is 7.10. The molecule has 174 valence electrons. The summed E-state index contributed by atoms with van der Waals surface area (Å²) in [6.07, 6.45) is 2.61. The zero-order valence-corrected chi connectivity index (χ0v) is 25.2. The maximum atomic E-state index is 13.6. The maximum absolute atomic E-state index is 13.6. The summed E-state index contributed by atoms with van der Waals surface area (Å²) >= 11 is 13.2. The van der Waals surface area contributed by atoms with Crippen molar-refractivity contribution in [3.05, 3.63) is 75.4 Å². The first kappa shape index (κ1) is 24.6. The summed E-state index contributed by atoms with van der Waals surface area (Å²) in [6.45, 7) is 0.351. The van der Waals surface area contributed by atoms with Gasteiger partial charge in [-0.3, -0.25) is 14.7 Å². The normalized spacial score (nSPS) is 16.1. The molecule has 0 bridgehead atoms. The second-order valence-electron chi connectivity index (χ2n) is 7.93. The molecule has 34 heavy (non-hydrogen) atoms. The van der Waals surface area contributed by atoms with Crippen molar-refractivity contribution in [3.8, 4) is 11.5 Å². The van der Waals surface area contributed by atoms with Gasteiger partial charge in [-0.25, -0.2) is 0 Å². The second kappa shape index (κ2) is 10.1. The number of benzene rings is 3. The van der Waals surface area contributed by atoms with Gasteiger partial charge in [0.1, 0.15) is 6.61 Å². The molecule has 0 unspecified atom stereocenters. The Balaban J connectivity index is 1.48. The second-order valence-corrected chi connectivity index (χ2v) is 11.4. The van der Waals surface area contributed by atoms with Crippen molar-refractivity contribution < 1.29 is 14.3 Å². The quantitative estimate of drug-likeness (QED) is 0.157. The van der Waals surface area contributed by atoms with E-state index in [1.165, 1.54) is 7.14 Å². The van der Waals surface area contributed by atoms with Crippen LogP contribution in [-0.2, 0) is 18.9 Å². The number of carbonyl (C=O) groups is 1. The highest BCUT2D eigenvalue weighted by Gasteiger charge is 2.36. The number of alkyl halides is 1. The van der Waals surface area contributed by atoms with Crippen molar-refractivity contribution >= 4 is 103 Å². The number of para-hydroxylation sites is 1. The first-order chi connectivity index (χ1) is 16.4. The zero-order chi connectivity index (χ0) is 24.0. The first-order valence-electron chi connectivity index (χ1n) is 10.4. The Labute approximate surface area is 243 Å². The average molecular weight is 811 g/mol. The van der Waals surface area contributed by atoms with E-state index in [2.05, 4.69) is 84.9 Å². The number of hydrogen-bond donors (Lipinski definition) is 0. The van der Waals surface area contributed by atoms with Gasteiger partial charge in [0.2, 0.25) is 0 Å². The van der Waals surface area contributed by atoms with E-state index in [4.69, 9.17) is 21.1 Å². The molecule has 5 rings (SSSR count). The molecule has 1 atom stereocenters. The number of halogens is 4. The van der Waals surface area contributed by atoms with Crippen LogP contribution in [-0.4, -0.2) is 25.3 Å². The number of hydrogen-bond acceptors (Lipinski definition) is 4. The molecule has 5 nitrogen and oxygen atoms in total. The van der Waals surface area contributed by atoms with Crippen LogP contribution in [0.2, 0.25) is 0 Å². The maximum Gasteiger partial charge on any atom is 0.261 e. The molecule has 0 saturated heterocycles. The van der Waals surface area contributed by atoms with Crippen molar-refractivity contribution in [2.75, 3.05) is 12.0 Å². The van der Waals surface area contributed by atoms with Crippen LogP contribution in [0.1, 0.15) is 27.0 Å². The SMILES string of the molecule is COc1cc2c(cc1OCc1cc(CCl)c(I)c(I)c1I)N=C[C@@H]1Cc3ccccc3N1C2=O. The largest absolute Gasteiger partial charge is 0.493 e. The Morgan fingerprint density at radius 1 is 1.06 bits per heavy atom. The van der Waals surface area contributed by atoms with E-state index in [-0.39, 0.29) is 11.9 Å². The predicted octanol–water partition coefficient (Wildman–Crippen LogP) is 7.11. The molecule has 0 aromatic heterocycles. The van der Waals surface area contributed by atoms with Gasteiger partial charge in [0, 0.05) is 46.5 Å². The lowest BCUT2D eigenvalue weighted by atomic mass is 10.1. The van der Waals surface area contributed by atoms with Gasteiger partial charge in [0.05, 0.1) is 24.4 Å². The summed E-state index contributed by atoms with van der Waals surface area (Å²) < 4.78 is 15.3. The lowest BCUT2D eigenvalue weighted by Gasteiger charge is -2.22. The molecule has 9 heteroatoms. The van der Waals surface area contributed by atoms with E-state index in [0.717, 1.165) is 32.4 Å². The van der Waals surface area contributed by atoms with Gasteiger partial charge in [-0.1, -0.05) is 18.2 Å². The molecule has 0 spiro atoms. The number of ether oxygens (including phenoxy) is 2. The number of fused-ring (bicyclic) bond motifs is 4. The Hall–Kier alpha value is -1.12. The molecule has 2 aliphatic rings. The van der Waals surface area contributed by atoms with Crippen LogP contribution < -0.4 is 14.4 Å². The zero-order valence-electron chi connectivity index (χ0n) is 17.9. The number of rotatable bonds is 5. The smallest absolute Gasteiger partial charge is 0.261 e. The molecular formula is C25H18ClI3N2O3. The lowest BCUT2D eigenvalue weighted by molar-refractivity contribution is 0.0986. The van der Waals surface area contributed by atoms with Crippen LogP contribution in [0.25, 0.3) is 0 Å². The standard InChI is InChI=1S/C25H18ClI3N2O3/c1-33-20-8-17-18(30-11-16-7-13-4-2-3-5-19(13)31(16)25(17)32)9-21(20)34-12-15-6-14(10-26)22(27)24(29)23(15)28/h2-6,8-9,11,16H,7,10,12H2,1H3/t16-/m0/s1. The van der Waals surface area contributed by atoms with Gasteiger partial charge in [-0.15, -0.1) is 11.6 Å². The molecule has 0 fully saturated rings. The minimum atomic E-state index is -0.0999. The predicted molar refractivity (Wildman–Crippen MR) is 160 cm³/mol. The molecule has 2 aliphatic heterocycles. The monoisotopic (exact) mass is 810 g/mol. The highest BCUT2D eigenvalue weighted by atomic mass is 127. The number of methoxy groups -OCH3 is 1. The van der Waals surface area contributed by atoms with E-state index in [9.17, 15) is 4.79 Å². The van der Waals surface area contributed by atoms with Crippen LogP contribution in [0, 0.1) is 10.7 Å². The number of anilines is 1. The summed E-state index contributed by atoms with van der Waals surface area (Å²) in [5.74, 6) is 1.41. The van der Waals surface area contributed by atoms with Crippen LogP contribution in [0.5, 0.6) is 11.5 Å². The van der Waals surface area contributed by atoms with E-state index >= 15 is 0 Å². The molecule has 3 aromatic carbocycles. The number of amides is 1. The molecular weight excluding hydrogens is 792 g/mol. The Morgan fingerprint density at radius 2 is 1.82 bits per heavy atom. The summed E-state index contributed by atoms with van der Waals surface area (Å²) in [7, 11) is 1.58. The van der Waals surface area contributed by atoms with Crippen molar-refractivity contribution in [1.29, 1.82) is 0 Å². The van der Waals surface area contributed by atoms with E-state index < -0.39 is 0 Å². The summed E-state index contributed by atoms with van der Waals surface area (Å²) in [6, 6.07) is 13.5. The Kier molecular flexibility index (Phi) is 7.29. The van der Waals surface area contributed by atoms with Crippen molar-refractivity contribution in [1.82, 2.24) is 0 Å². The molecule has 0 saturated carbocycles. The molecule has 3 aromatic rings. The number of aliphatic imine (C=N–C) groups is 1. The van der Waals surface area contributed by atoms with Crippen LogP contribution in [0.15, 0.2) is 47.5 Å². The molecule has 1 amide bonds. The first-order valence-corrected chi connectivity index (χ1v) is 14.2. The van der Waals surface area contributed by atoms with Gasteiger partial charge in [-0.2, -0.15) is 0 Å². The van der Waals surface area contributed by atoms with Crippen LogP contribution >= 0.6 is 79.4 Å². The third-order valence-corrected chi connectivity index (χ3v) is 11.8. The number of nitrogens with zero attached hydrogens (tertiary/aromatic N) is 2. The van der Waals surface area contributed by atoms with E-state index in [1.54, 1.807) is 19.2 Å². The van der Waals surface area contributed by atoms with Crippen molar-refractivity contribution in [2.24, 2.45) is 4.99 Å². The highest BCUT2D eigenvalue weighted by molar-refractivity contribution is 14.1. The molecule has 0 aliphatic carbocycles. The fraction of sp³-hybridized carbons (Fsp3) is 0.200. The Morgan fingerprint density at radius 3 is 2.59 bits per heavy atom. The summed E-state index contributed by atoms with van der Waals surface area (Å²) in [5, 5.41) is 0. The summed E-state index contributed by atoms with van der Waals surface area (Å²) in [5.41, 5.74) is 5.31. The van der Waals surface area contributed by atoms with Crippen LogP contribution in [0.4, 0.5) is 11.4 Å². The van der Waals surface area contributed by atoms with Gasteiger partial charge >= 0.3 is 0 Å². The lowest BCUT2D eigenvalue weighted by Crippen LogP contribution is -2.37. The van der Waals surface area contributed by atoms with Gasteiger partial charge in [-0.05, 0) is 97.1 Å². The minimum Gasteiger partial charge on any atom is -0.493 e. The van der Waals surface area contributed by atoms with Crippen LogP contribution in [0.3, 0.4) is 0 Å². The third-order valence-electron chi connectivity index (χ3n) is 5.95. The molecule has 0 radical (unpaired) electrons. The van der Waals surface area contributed by atoms with Gasteiger partial charge in [0.25, 0.3) is 5.91 Å². The van der Waals surface area contributed by atoms with E-state index in [1.807, 2.05) is 29.3 Å². The van der Waals surface area contributed by atoms with Crippen molar-refractivity contribution in [2.45, 2.75) is 24.9 Å². The molecule has 2 heterocycles. The molecule has 0 N–H and O–H groups in total. The van der Waals surface area contributed by atoms with Crippen molar-refractivity contribution in [3.63, 3.8) is 0 Å². The fourth-order valence-electron chi connectivity index (χ4n) is 4.26. The minimum absolute atomic E-state index is 0.0826.